The van der Waals surface area contributed by atoms with E-state index in [9.17, 15) is 0 Å². The molecule has 0 aliphatic carbocycles. The van der Waals surface area contributed by atoms with E-state index in [1.165, 1.54) is 5.56 Å². The van der Waals surface area contributed by atoms with E-state index in [0.29, 0.717) is 6.61 Å². The van der Waals surface area contributed by atoms with Crippen LogP contribution in [0.4, 0.5) is 0 Å². The summed E-state index contributed by atoms with van der Waals surface area (Å²) in [5.74, 6) is 0.976. The molecule has 1 rings (SSSR count). The number of nitrogens with one attached hydrogen (secondary N) is 1. The second-order valence-corrected chi connectivity index (χ2v) is 3.91. The van der Waals surface area contributed by atoms with Crippen LogP contribution in [-0.2, 0) is 4.74 Å². The standard InChI is InChI=1S/C14H23NO2/c1-3-16-11-6-9-15-10-12-17-14-8-5-4-7-13(14)2/h4-5,7-8,15H,3,6,9-12H2,1-2H3. The van der Waals surface area contributed by atoms with Crippen LogP contribution in [0.5, 0.6) is 5.75 Å². The number of hydrogen-bond donors (Lipinski definition) is 1. The third-order valence-electron chi connectivity index (χ3n) is 2.48. The summed E-state index contributed by atoms with van der Waals surface area (Å²) in [6, 6.07) is 8.08. The Morgan fingerprint density at radius 1 is 1.12 bits per heavy atom. The Balaban J connectivity index is 1.99. The molecule has 1 aromatic rings. The van der Waals surface area contributed by atoms with Gasteiger partial charge in [0.15, 0.2) is 0 Å². The van der Waals surface area contributed by atoms with Gasteiger partial charge in [-0.1, -0.05) is 18.2 Å². The molecule has 0 aliphatic heterocycles. The molecule has 0 saturated heterocycles. The SMILES string of the molecule is CCOCCCNCCOc1ccccc1C. The first kappa shape index (κ1) is 14.0. The molecular formula is C14H23NO2. The summed E-state index contributed by atoms with van der Waals surface area (Å²) in [5, 5.41) is 3.33. The normalized spacial score (nSPS) is 10.5. The monoisotopic (exact) mass is 237 g/mol. The Bertz CT molecular complexity index is 302. The molecule has 96 valence electrons. The Kier molecular flexibility index (Phi) is 7.43. The molecule has 0 aliphatic rings. The Morgan fingerprint density at radius 2 is 1.94 bits per heavy atom. The van der Waals surface area contributed by atoms with E-state index in [0.717, 1.165) is 38.5 Å². The van der Waals surface area contributed by atoms with E-state index in [1.54, 1.807) is 0 Å². The minimum absolute atomic E-state index is 0.708. The van der Waals surface area contributed by atoms with Crippen molar-refractivity contribution >= 4 is 0 Å². The van der Waals surface area contributed by atoms with E-state index in [4.69, 9.17) is 9.47 Å². The molecule has 0 bridgehead atoms. The van der Waals surface area contributed by atoms with Gasteiger partial charge in [0.2, 0.25) is 0 Å². The molecule has 3 heteroatoms. The zero-order valence-electron chi connectivity index (χ0n) is 10.9. The summed E-state index contributed by atoms with van der Waals surface area (Å²) in [6.07, 6.45) is 1.05. The molecule has 0 atom stereocenters. The van der Waals surface area contributed by atoms with Gasteiger partial charge in [-0.2, -0.15) is 0 Å². The molecule has 0 amide bonds. The summed E-state index contributed by atoms with van der Waals surface area (Å²) < 4.78 is 10.9. The molecule has 0 spiro atoms. The van der Waals surface area contributed by atoms with Crippen molar-refractivity contribution in [2.45, 2.75) is 20.3 Å². The molecule has 0 aromatic heterocycles. The van der Waals surface area contributed by atoms with E-state index in [1.807, 2.05) is 25.1 Å². The summed E-state index contributed by atoms with van der Waals surface area (Å²) in [7, 11) is 0. The topological polar surface area (TPSA) is 30.5 Å². The summed E-state index contributed by atoms with van der Waals surface area (Å²) in [4.78, 5) is 0. The van der Waals surface area contributed by atoms with Crippen molar-refractivity contribution < 1.29 is 9.47 Å². The first-order valence-electron chi connectivity index (χ1n) is 6.31. The predicted molar refractivity (Wildman–Crippen MR) is 70.7 cm³/mol. The fraction of sp³-hybridized carbons (Fsp3) is 0.571. The highest BCUT2D eigenvalue weighted by molar-refractivity contribution is 5.31. The van der Waals surface area contributed by atoms with Gasteiger partial charge in [-0.3, -0.25) is 0 Å². The molecule has 3 nitrogen and oxygen atoms in total. The third kappa shape index (κ3) is 6.29. The van der Waals surface area contributed by atoms with E-state index in [2.05, 4.69) is 18.3 Å². The maximum atomic E-state index is 5.67. The third-order valence-corrected chi connectivity index (χ3v) is 2.48. The lowest BCUT2D eigenvalue weighted by Crippen LogP contribution is -2.23. The first-order valence-corrected chi connectivity index (χ1v) is 6.31. The van der Waals surface area contributed by atoms with Gasteiger partial charge in [0.05, 0.1) is 0 Å². The number of benzene rings is 1. The van der Waals surface area contributed by atoms with Crippen LogP contribution in [0.2, 0.25) is 0 Å². The van der Waals surface area contributed by atoms with Crippen LogP contribution in [0.3, 0.4) is 0 Å². The lowest BCUT2D eigenvalue weighted by molar-refractivity contribution is 0.144. The molecular weight excluding hydrogens is 214 g/mol. The molecule has 0 saturated carbocycles. The van der Waals surface area contributed by atoms with Crippen molar-refractivity contribution in [1.29, 1.82) is 0 Å². The zero-order valence-corrected chi connectivity index (χ0v) is 10.9. The van der Waals surface area contributed by atoms with Crippen LogP contribution in [0.15, 0.2) is 24.3 Å². The van der Waals surface area contributed by atoms with Gasteiger partial charge in [-0.05, 0) is 38.4 Å². The highest BCUT2D eigenvalue weighted by Crippen LogP contribution is 2.15. The largest absolute Gasteiger partial charge is 0.492 e. The van der Waals surface area contributed by atoms with Crippen molar-refractivity contribution in [3.05, 3.63) is 29.8 Å². The first-order chi connectivity index (χ1) is 8.34. The summed E-state index contributed by atoms with van der Waals surface area (Å²) in [5.41, 5.74) is 1.18. The second kappa shape index (κ2) is 9.02. The van der Waals surface area contributed by atoms with Gasteiger partial charge in [0.25, 0.3) is 0 Å². The van der Waals surface area contributed by atoms with Crippen molar-refractivity contribution in [1.82, 2.24) is 5.32 Å². The van der Waals surface area contributed by atoms with Crippen LogP contribution in [0.1, 0.15) is 18.9 Å². The highest BCUT2D eigenvalue weighted by Gasteiger charge is 1.96. The predicted octanol–water partition coefficient (Wildman–Crippen LogP) is 2.39. The van der Waals surface area contributed by atoms with E-state index in [-0.39, 0.29) is 0 Å². The lowest BCUT2D eigenvalue weighted by atomic mass is 10.2. The van der Waals surface area contributed by atoms with Crippen molar-refractivity contribution in [2.24, 2.45) is 0 Å². The van der Waals surface area contributed by atoms with E-state index < -0.39 is 0 Å². The lowest BCUT2D eigenvalue weighted by Gasteiger charge is -2.09. The van der Waals surface area contributed by atoms with Crippen LogP contribution >= 0.6 is 0 Å². The van der Waals surface area contributed by atoms with E-state index >= 15 is 0 Å². The van der Waals surface area contributed by atoms with Crippen LogP contribution in [0.25, 0.3) is 0 Å². The molecule has 1 N–H and O–H groups in total. The zero-order chi connectivity index (χ0) is 12.3. The van der Waals surface area contributed by atoms with Crippen LogP contribution in [-0.4, -0.2) is 32.9 Å². The molecule has 0 heterocycles. The smallest absolute Gasteiger partial charge is 0.122 e. The number of hydrogen-bond acceptors (Lipinski definition) is 3. The maximum absolute atomic E-state index is 5.67. The Morgan fingerprint density at radius 3 is 2.71 bits per heavy atom. The number of ether oxygens (including phenoxy) is 2. The quantitative estimate of drug-likeness (QED) is 0.669. The molecule has 1 aromatic carbocycles. The second-order valence-electron chi connectivity index (χ2n) is 3.91. The summed E-state index contributed by atoms with van der Waals surface area (Å²) >= 11 is 0. The molecule has 0 radical (unpaired) electrons. The minimum atomic E-state index is 0.708. The number of rotatable bonds is 9. The minimum Gasteiger partial charge on any atom is -0.492 e. The van der Waals surface area contributed by atoms with Crippen LogP contribution in [0, 0.1) is 6.92 Å². The van der Waals surface area contributed by atoms with Crippen molar-refractivity contribution in [3.63, 3.8) is 0 Å². The van der Waals surface area contributed by atoms with Gasteiger partial charge in [0.1, 0.15) is 12.4 Å². The maximum Gasteiger partial charge on any atom is 0.122 e. The average Bonchev–Trinajstić information content (AvgIpc) is 2.35. The molecule has 0 fully saturated rings. The fourth-order valence-electron chi connectivity index (χ4n) is 1.52. The van der Waals surface area contributed by atoms with Gasteiger partial charge in [0, 0.05) is 19.8 Å². The van der Waals surface area contributed by atoms with Gasteiger partial charge < -0.3 is 14.8 Å². The van der Waals surface area contributed by atoms with Crippen molar-refractivity contribution in [2.75, 3.05) is 32.9 Å². The molecule has 17 heavy (non-hydrogen) atoms. The fourth-order valence-corrected chi connectivity index (χ4v) is 1.52. The van der Waals surface area contributed by atoms with Gasteiger partial charge >= 0.3 is 0 Å². The van der Waals surface area contributed by atoms with Crippen molar-refractivity contribution in [3.8, 4) is 5.75 Å². The molecule has 0 unspecified atom stereocenters. The van der Waals surface area contributed by atoms with Crippen LogP contribution < -0.4 is 10.1 Å². The number of para-hydroxylation sites is 1. The highest BCUT2D eigenvalue weighted by atomic mass is 16.5. The average molecular weight is 237 g/mol. The van der Waals surface area contributed by atoms with Gasteiger partial charge in [-0.15, -0.1) is 0 Å². The summed E-state index contributed by atoms with van der Waals surface area (Å²) in [6.45, 7) is 8.28. The Labute approximate surface area is 104 Å². The Hall–Kier alpha value is -1.06. The number of aryl methyl sites for hydroxylation is 1. The van der Waals surface area contributed by atoms with Gasteiger partial charge in [-0.25, -0.2) is 0 Å².